The summed E-state index contributed by atoms with van der Waals surface area (Å²) in [6, 6.07) is 13.6. The van der Waals surface area contributed by atoms with E-state index >= 15 is 0 Å². The Kier molecular flexibility index (Phi) is 5.48. The number of aliphatic imine (C=N–C) groups is 1. The summed E-state index contributed by atoms with van der Waals surface area (Å²) < 4.78 is 4.93. The van der Waals surface area contributed by atoms with Crippen molar-refractivity contribution in [2.75, 3.05) is 30.3 Å². The number of carbonyl (C=O) groups is 2. The molecule has 0 bridgehead atoms. The maximum absolute atomic E-state index is 12.2. The molecule has 3 N–H and O–H groups in total. The van der Waals surface area contributed by atoms with Crippen molar-refractivity contribution in [2.24, 2.45) is 4.99 Å². The van der Waals surface area contributed by atoms with E-state index in [1.54, 1.807) is 31.2 Å². The zero-order valence-corrected chi connectivity index (χ0v) is 14.4. The number of ether oxygens (including phenoxy) is 1. The van der Waals surface area contributed by atoms with E-state index < -0.39 is 0 Å². The topological polar surface area (TPSA) is 91.8 Å². The lowest BCUT2D eigenvalue weighted by molar-refractivity contribution is 0.0526. The quantitative estimate of drug-likeness (QED) is 0.722. The molecule has 0 aromatic heterocycles. The number of anilines is 2. The van der Waals surface area contributed by atoms with Gasteiger partial charge in [-0.25, -0.2) is 9.59 Å². The number of hydrogen-bond acceptors (Lipinski definition) is 5. The summed E-state index contributed by atoms with van der Waals surface area (Å²) in [7, 11) is 0. The van der Waals surface area contributed by atoms with Crippen LogP contribution < -0.4 is 16.0 Å². The Morgan fingerprint density at radius 1 is 1.12 bits per heavy atom. The van der Waals surface area contributed by atoms with Gasteiger partial charge in [0.15, 0.2) is 0 Å². The van der Waals surface area contributed by atoms with E-state index in [0.29, 0.717) is 23.5 Å². The number of nitrogens with zero attached hydrogens (tertiary/aromatic N) is 1. The van der Waals surface area contributed by atoms with Crippen LogP contribution in [0, 0.1) is 0 Å². The number of amides is 2. The Morgan fingerprint density at radius 2 is 1.88 bits per heavy atom. The Bertz CT molecular complexity index is 831. The molecule has 0 unspecified atom stereocenters. The van der Waals surface area contributed by atoms with Crippen LogP contribution in [0.25, 0.3) is 0 Å². The average Bonchev–Trinajstić information content (AvgIpc) is 3.17. The first-order valence-corrected chi connectivity index (χ1v) is 8.39. The second-order valence-electron chi connectivity index (χ2n) is 5.61. The molecule has 1 aliphatic rings. The zero-order chi connectivity index (χ0) is 18.4. The lowest BCUT2D eigenvalue weighted by Gasteiger charge is -2.10. The summed E-state index contributed by atoms with van der Waals surface area (Å²) in [6.45, 7) is 3.66. The number of rotatable bonds is 5. The Hall–Kier alpha value is -3.35. The minimum Gasteiger partial charge on any atom is -0.462 e. The molecule has 134 valence electrons. The SMILES string of the molecule is CCOC(=O)c1ccc(NC(=O)Nc2cccc(C3=NCCN3)c2)cc1. The second kappa shape index (κ2) is 8.15. The van der Waals surface area contributed by atoms with Crippen LogP contribution in [0.15, 0.2) is 53.5 Å². The van der Waals surface area contributed by atoms with Gasteiger partial charge in [-0.1, -0.05) is 12.1 Å². The Morgan fingerprint density at radius 3 is 2.58 bits per heavy atom. The van der Waals surface area contributed by atoms with Crippen LogP contribution in [0.3, 0.4) is 0 Å². The highest BCUT2D eigenvalue weighted by atomic mass is 16.5. The fourth-order valence-corrected chi connectivity index (χ4v) is 2.53. The average molecular weight is 352 g/mol. The zero-order valence-electron chi connectivity index (χ0n) is 14.4. The molecule has 3 rings (SSSR count). The van der Waals surface area contributed by atoms with Gasteiger partial charge in [-0.3, -0.25) is 4.99 Å². The van der Waals surface area contributed by atoms with Crippen molar-refractivity contribution < 1.29 is 14.3 Å². The van der Waals surface area contributed by atoms with E-state index in [1.807, 2.05) is 24.3 Å². The number of hydrogen-bond donors (Lipinski definition) is 3. The van der Waals surface area contributed by atoms with Crippen molar-refractivity contribution in [3.8, 4) is 0 Å². The highest BCUT2D eigenvalue weighted by molar-refractivity contribution is 6.03. The van der Waals surface area contributed by atoms with E-state index in [-0.39, 0.29) is 12.0 Å². The van der Waals surface area contributed by atoms with Crippen LogP contribution in [0.2, 0.25) is 0 Å². The van der Waals surface area contributed by atoms with Gasteiger partial charge < -0.3 is 20.7 Å². The Balaban J connectivity index is 1.60. The number of urea groups is 1. The van der Waals surface area contributed by atoms with Gasteiger partial charge in [-0.15, -0.1) is 0 Å². The highest BCUT2D eigenvalue weighted by Gasteiger charge is 2.10. The summed E-state index contributed by atoms with van der Waals surface area (Å²) in [4.78, 5) is 28.2. The molecule has 0 saturated heterocycles. The minimum atomic E-state index is -0.385. The molecule has 0 fully saturated rings. The van der Waals surface area contributed by atoms with Gasteiger partial charge in [0.2, 0.25) is 0 Å². The van der Waals surface area contributed by atoms with Crippen LogP contribution in [0.5, 0.6) is 0 Å². The molecule has 0 atom stereocenters. The maximum atomic E-state index is 12.2. The largest absolute Gasteiger partial charge is 0.462 e. The van der Waals surface area contributed by atoms with E-state index in [2.05, 4.69) is 20.9 Å². The number of amidine groups is 1. The summed E-state index contributed by atoms with van der Waals surface area (Å²) in [5, 5.41) is 8.72. The van der Waals surface area contributed by atoms with Crippen molar-refractivity contribution in [3.05, 3.63) is 59.7 Å². The molecule has 7 heteroatoms. The predicted molar refractivity (Wildman–Crippen MR) is 101 cm³/mol. The normalized spacial score (nSPS) is 12.7. The Labute approximate surface area is 151 Å². The maximum Gasteiger partial charge on any atom is 0.338 e. The molecule has 0 aliphatic carbocycles. The van der Waals surface area contributed by atoms with Crippen molar-refractivity contribution >= 4 is 29.2 Å². The number of carbonyl (C=O) groups excluding carboxylic acids is 2. The van der Waals surface area contributed by atoms with Crippen LogP contribution in [0.1, 0.15) is 22.8 Å². The molecule has 2 aromatic carbocycles. The van der Waals surface area contributed by atoms with E-state index in [1.165, 1.54) is 0 Å². The third-order valence-corrected chi connectivity index (χ3v) is 3.72. The summed E-state index contributed by atoms with van der Waals surface area (Å²) in [5.41, 5.74) is 2.61. The molecule has 0 saturated carbocycles. The smallest absolute Gasteiger partial charge is 0.338 e. The molecular weight excluding hydrogens is 332 g/mol. The standard InChI is InChI=1S/C19H20N4O3/c1-2-26-18(24)13-6-8-15(9-7-13)22-19(25)23-16-5-3-4-14(12-16)17-20-10-11-21-17/h3-9,12H,2,10-11H2,1H3,(H,20,21)(H2,22,23,25). The molecule has 2 aromatic rings. The predicted octanol–water partition coefficient (Wildman–Crippen LogP) is 2.86. The van der Waals surface area contributed by atoms with Crippen LogP contribution in [0.4, 0.5) is 16.2 Å². The van der Waals surface area contributed by atoms with Gasteiger partial charge in [0.1, 0.15) is 5.84 Å². The fraction of sp³-hybridized carbons (Fsp3) is 0.211. The van der Waals surface area contributed by atoms with E-state index in [0.717, 1.165) is 24.5 Å². The van der Waals surface area contributed by atoms with Gasteiger partial charge in [0.05, 0.1) is 18.7 Å². The van der Waals surface area contributed by atoms with Crippen molar-refractivity contribution in [2.45, 2.75) is 6.92 Å². The van der Waals surface area contributed by atoms with Gasteiger partial charge in [-0.2, -0.15) is 0 Å². The number of nitrogens with one attached hydrogen (secondary N) is 3. The molecule has 1 aliphatic heterocycles. The fourth-order valence-electron chi connectivity index (χ4n) is 2.53. The molecule has 2 amide bonds. The van der Waals surface area contributed by atoms with Gasteiger partial charge >= 0.3 is 12.0 Å². The third kappa shape index (κ3) is 4.38. The summed E-state index contributed by atoms with van der Waals surface area (Å²) >= 11 is 0. The van der Waals surface area contributed by atoms with Gasteiger partial charge in [-0.05, 0) is 43.3 Å². The first kappa shape index (κ1) is 17.5. The summed E-state index contributed by atoms with van der Waals surface area (Å²) in [6.07, 6.45) is 0. The first-order chi connectivity index (χ1) is 12.7. The monoisotopic (exact) mass is 352 g/mol. The summed E-state index contributed by atoms with van der Waals surface area (Å²) in [5.74, 6) is 0.451. The third-order valence-electron chi connectivity index (χ3n) is 3.72. The minimum absolute atomic E-state index is 0.322. The number of esters is 1. The van der Waals surface area contributed by atoms with E-state index in [9.17, 15) is 9.59 Å². The molecular formula is C19H20N4O3. The van der Waals surface area contributed by atoms with Crippen molar-refractivity contribution in [1.82, 2.24) is 5.32 Å². The van der Waals surface area contributed by atoms with Gasteiger partial charge in [0.25, 0.3) is 0 Å². The van der Waals surface area contributed by atoms with Crippen LogP contribution in [-0.4, -0.2) is 37.5 Å². The lowest BCUT2D eigenvalue weighted by Crippen LogP contribution is -2.21. The molecule has 7 nitrogen and oxygen atoms in total. The second-order valence-corrected chi connectivity index (χ2v) is 5.61. The van der Waals surface area contributed by atoms with Crippen LogP contribution in [-0.2, 0) is 4.74 Å². The molecule has 0 spiro atoms. The lowest BCUT2D eigenvalue weighted by atomic mass is 10.2. The first-order valence-electron chi connectivity index (χ1n) is 8.39. The highest BCUT2D eigenvalue weighted by Crippen LogP contribution is 2.14. The number of benzene rings is 2. The van der Waals surface area contributed by atoms with Crippen molar-refractivity contribution in [1.29, 1.82) is 0 Å². The van der Waals surface area contributed by atoms with E-state index in [4.69, 9.17) is 4.74 Å². The van der Waals surface area contributed by atoms with Crippen LogP contribution >= 0.6 is 0 Å². The van der Waals surface area contributed by atoms with Gasteiger partial charge in [0, 0.05) is 23.5 Å². The van der Waals surface area contributed by atoms with Crippen molar-refractivity contribution in [3.63, 3.8) is 0 Å². The molecule has 26 heavy (non-hydrogen) atoms. The molecule has 0 radical (unpaired) electrons. The molecule has 1 heterocycles.